The van der Waals surface area contributed by atoms with Crippen molar-refractivity contribution in [2.24, 2.45) is 0 Å². The Kier molecular flexibility index (Phi) is 14.1. The standard InChI is InChI=1S/C14H22F9N2OS.2C2H6/c1-3-7-25(8-4-2)9-5-24(6-10-25)27-14(21,22)12(17,26-23)11(15,16)13(18,19)20;2*1-2/h3-10H2,1-2H3;2*1-2H3/q+1;;. The van der Waals surface area contributed by atoms with Gasteiger partial charge in [0, 0.05) is 11.9 Å². The van der Waals surface area contributed by atoms with E-state index in [0.29, 0.717) is 17.6 Å². The third kappa shape index (κ3) is 7.56. The molecule has 3 nitrogen and oxygen atoms in total. The van der Waals surface area contributed by atoms with Crippen molar-refractivity contribution in [1.82, 2.24) is 4.31 Å². The number of hydrogen-bond acceptors (Lipinski definition) is 3. The number of piperazine rings is 1. The summed E-state index contributed by atoms with van der Waals surface area (Å²) in [6.07, 6.45) is -5.15. The number of nitrogens with zero attached hydrogens (tertiary/aromatic N) is 2. The molecule has 0 bridgehead atoms. The van der Waals surface area contributed by atoms with Gasteiger partial charge in [-0.3, -0.25) is 0 Å². The van der Waals surface area contributed by atoms with Gasteiger partial charge in [-0.2, -0.15) is 35.1 Å². The minimum atomic E-state index is -6.77. The first-order chi connectivity index (χ1) is 14.2. The Morgan fingerprint density at radius 3 is 1.48 bits per heavy atom. The first-order valence-electron chi connectivity index (χ1n) is 10.3. The van der Waals surface area contributed by atoms with Gasteiger partial charge >= 0.3 is 23.2 Å². The number of halogens is 9. The third-order valence-electron chi connectivity index (χ3n) is 4.53. The maximum absolute atomic E-state index is 14.0. The number of hydrogen-bond donors (Lipinski definition) is 0. The predicted molar refractivity (Wildman–Crippen MR) is 104 cm³/mol. The fourth-order valence-corrected chi connectivity index (χ4v) is 4.10. The lowest BCUT2D eigenvalue weighted by molar-refractivity contribution is -0.931. The highest BCUT2D eigenvalue weighted by atomic mass is 32.2. The summed E-state index contributed by atoms with van der Waals surface area (Å²) >= 11 is -0.896. The highest BCUT2D eigenvalue weighted by molar-refractivity contribution is 7.98. The molecule has 0 saturated carbocycles. The molecule has 0 aliphatic carbocycles. The van der Waals surface area contributed by atoms with E-state index in [0.717, 1.165) is 30.2 Å². The Labute approximate surface area is 182 Å². The minimum Gasteiger partial charge on any atom is -0.321 e. The average molecular weight is 498 g/mol. The predicted octanol–water partition coefficient (Wildman–Crippen LogP) is 7.00. The summed E-state index contributed by atoms with van der Waals surface area (Å²) in [7, 11) is 0. The van der Waals surface area contributed by atoms with E-state index < -0.39 is 35.2 Å². The lowest BCUT2D eigenvalue weighted by Gasteiger charge is -2.45. The van der Waals surface area contributed by atoms with Crippen LogP contribution in [0.2, 0.25) is 0 Å². The summed E-state index contributed by atoms with van der Waals surface area (Å²) in [6, 6.07) is 0. The van der Waals surface area contributed by atoms with Crippen molar-refractivity contribution in [2.75, 3.05) is 39.3 Å². The minimum absolute atomic E-state index is 0.111. The van der Waals surface area contributed by atoms with Gasteiger partial charge in [-0.1, -0.05) is 41.5 Å². The van der Waals surface area contributed by atoms with E-state index >= 15 is 0 Å². The summed E-state index contributed by atoms with van der Waals surface area (Å²) in [6.45, 7) is 13.8. The van der Waals surface area contributed by atoms with Crippen molar-refractivity contribution in [2.45, 2.75) is 77.6 Å². The summed E-state index contributed by atoms with van der Waals surface area (Å²) in [4.78, 5) is 1.92. The zero-order valence-electron chi connectivity index (χ0n) is 18.8. The van der Waals surface area contributed by atoms with Crippen LogP contribution in [-0.4, -0.2) is 71.3 Å². The van der Waals surface area contributed by atoms with Gasteiger partial charge in [0.15, 0.2) is 0 Å². The highest BCUT2D eigenvalue weighted by Gasteiger charge is 2.83. The van der Waals surface area contributed by atoms with Crippen LogP contribution in [0.5, 0.6) is 0 Å². The molecular formula is C18H34F9N2OS+. The second kappa shape index (κ2) is 13.3. The van der Waals surface area contributed by atoms with Crippen LogP contribution < -0.4 is 0 Å². The first kappa shape index (κ1) is 32.8. The SMILES string of the molecule is CC.CC.CCC[N+]1(CCC)CCN(SC(F)(F)C(F)(OF)C(F)(F)C(F)(F)F)CC1. The molecule has 1 aliphatic rings. The van der Waals surface area contributed by atoms with Crippen molar-refractivity contribution in [3.63, 3.8) is 0 Å². The maximum atomic E-state index is 14.0. The zero-order valence-corrected chi connectivity index (χ0v) is 19.6. The molecule has 0 aromatic heterocycles. The van der Waals surface area contributed by atoms with Crippen LogP contribution in [0.3, 0.4) is 0 Å². The second-order valence-electron chi connectivity index (χ2n) is 6.52. The van der Waals surface area contributed by atoms with Crippen LogP contribution in [0.15, 0.2) is 0 Å². The van der Waals surface area contributed by atoms with Crippen molar-refractivity contribution in [3.05, 3.63) is 0 Å². The summed E-state index contributed by atoms with van der Waals surface area (Å²) < 4.78 is 119. The molecule has 31 heavy (non-hydrogen) atoms. The topological polar surface area (TPSA) is 12.5 Å². The average Bonchev–Trinajstić information content (AvgIpc) is 2.71. The smallest absolute Gasteiger partial charge is 0.321 e. The fraction of sp³-hybridized carbons (Fsp3) is 1.00. The molecule has 0 amide bonds. The van der Waals surface area contributed by atoms with Crippen molar-refractivity contribution in [1.29, 1.82) is 0 Å². The van der Waals surface area contributed by atoms with Crippen molar-refractivity contribution < 1.29 is 49.1 Å². The molecule has 1 saturated heterocycles. The van der Waals surface area contributed by atoms with Crippen LogP contribution >= 0.6 is 11.9 Å². The van der Waals surface area contributed by atoms with E-state index in [-0.39, 0.29) is 13.1 Å². The van der Waals surface area contributed by atoms with E-state index in [4.69, 9.17) is 0 Å². The third-order valence-corrected chi connectivity index (χ3v) is 5.64. The number of rotatable bonds is 9. The van der Waals surface area contributed by atoms with Gasteiger partial charge in [0.1, 0.15) is 0 Å². The maximum Gasteiger partial charge on any atom is 0.459 e. The molecular weight excluding hydrogens is 463 g/mol. The molecule has 190 valence electrons. The van der Waals surface area contributed by atoms with Crippen LogP contribution in [0.25, 0.3) is 0 Å². The van der Waals surface area contributed by atoms with E-state index in [1.165, 1.54) is 0 Å². The largest absolute Gasteiger partial charge is 0.459 e. The van der Waals surface area contributed by atoms with Gasteiger partial charge in [0.2, 0.25) is 0 Å². The quantitative estimate of drug-likeness (QED) is 0.193. The van der Waals surface area contributed by atoms with Gasteiger partial charge < -0.3 is 4.48 Å². The van der Waals surface area contributed by atoms with E-state index in [1.807, 2.05) is 46.5 Å². The van der Waals surface area contributed by atoms with Gasteiger partial charge in [-0.15, -0.1) is 4.94 Å². The number of quaternary nitrogens is 1. The van der Waals surface area contributed by atoms with Crippen molar-refractivity contribution >= 4 is 11.9 Å². The molecule has 0 aromatic rings. The van der Waals surface area contributed by atoms with Crippen LogP contribution in [0.1, 0.15) is 54.4 Å². The van der Waals surface area contributed by atoms with Gasteiger partial charge in [0.05, 0.1) is 39.3 Å². The molecule has 0 aromatic carbocycles. The molecule has 13 heteroatoms. The molecule has 1 aliphatic heterocycles. The molecule has 1 heterocycles. The summed E-state index contributed by atoms with van der Waals surface area (Å²) in [5, 5.41) is -5.52. The molecule has 0 spiro atoms. The molecule has 0 N–H and O–H groups in total. The Bertz CT molecular complexity index is 479. The highest BCUT2D eigenvalue weighted by Crippen LogP contribution is 2.57. The lowest BCUT2D eigenvalue weighted by Crippen LogP contribution is -2.64. The van der Waals surface area contributed by atoms with Gasteiger partial charge in [-0.25, -0.2) is 4.31 Å². The van der Waals surface area contributed by atoms with E-state index in [9.17, 15) is 39.6 Å². The van der Waals surface area contributed by atoms with Crippen molar-refractivity contribution in [3.8, 4) is 0 Å². The molecule has 0 radical (unpaired) electrons. The Hall–Kier alpha value is -0.400. The normalized spacial score (nSPS) is 19.5. The van der Waals surface area contributed by atoms with Gasteiger partial charge in [0.25, 0.3) is 0 Å². The Morgan fingerprint density at radius 1 is 0.806 bits per heavy atom. The Morgan fingerprint density at radius 2 is 1.19 bits per heavy atom. The number of alkyl halides is 8. The van der Waals surface area contributed by atoms with E-state index in [2.05, 4.69) is 0 Å². The van der Waals surface area contributed by atoms with Gasteiger partial charge in [-0.05, 0) is 17.4 Å². The van der Waals surface area contributed by atoms with E-state index in [1.54, 1.807) is 0 Å². The zero-order chi connectivity index (χ0) is 25.1. The lowest BCUT2D eigenvalue weighted by atomic mass is 10.1. The molecule has 1 atom stereocenters. The van der Waals surface area contributed by atoms with Crippen LogP contribution in [-0.2, 0) is 4.94 Å². The monoisotopic (exact) mass is 497 g/mol. The first-order valence-corrected chi connectivity index (χ1v) is 11.1. The summed E-state index contributed by atoms with van der Waals surface area (Å²) in [5.74, 6) is -13.0. The van der Waals surface area contributed by atoms with Crippen LogP contribution in [0.4, 0.5) is 39.6 Å². The molecule has 1 fully saturated rings. The Balaban J connectivity index is 0. The van der Waals surface area contributed by atoms with Crippen LogP contribution in [0, 0.1) is 0 Å². The molecule has 1 unspecified atom stereocenters. The fourth-order valence-electron chi connectivity index (χ4n) is 3.15. The summed E-state index contributed by atoms with van der Waals surface area (Å²) in [5.41, 5.74) is 0. The second-order valence-corrected chi connectivity index (χ2v) is 7.73. The molecule has 1 rings (SSSR count).